The van der Waals surface area contributed by atoms with Gasteiger partial charge in [-0.05, 0) is 27.2 Å². The Balaban J connectivity index is 2.58. The summed E-state index contributed by atoms with van der Waals surface area (Å²) >= 11 is 1.42. The van der Waals surface area contributed by atoms with Gasteiger partial charge in [-0.25, -0.2) is 4.98 Å². The molecule has 0 spiro atoms. The van der Waals surface area contributed by atoms with Crippen molar-refractivity contribution in [3.05, 3.63) is 11.1 Å². The highest BCUT2D eigenvalue weighted by Crippen LogP contribution is 2.28. The van der Waals surface area contributed by atoms with Crippen molar-refractivity contribution in [2.24, 2.45) is 5.73 Å². The second-order valence-electron chi connectivity index (χ2n) is 4.88. The Kier molecular flexibility index (Phi) is 5.94. The zero-order chi connectivity index (χ0) is 15.2. The van der Waals surface area contributed by atoms with Crippen LogP contribution in [-0.4, -0.2) is 30.0 Å². The molecule has 7 heteroatoms. The van der Waals surface area contributed by atoms with Crippen LogP contribution < -0.4 is 11.1 Å². The number of ether oxygens (including phenoxy) is 1. The maximum atomic E-state index is 11.9. The zero-order valence-electron chi connectivity index (χ0n) is 12.1. The lowest BCUT2D eigenvalue weighted by molar-refractivity contribution is -0.148. The van der Waals surface area contributed by atoms with Crippen molar-refractivity contribution in [3.63, 3.8) is 0 Å². The molecule has 0 saturated carbocycles. The molecular formula is C13H21N3O3S. The molecule has 0 unspecified atom stereocenters. The van der Waals surface area contributed by atoms with Crippen LogP contribution in [0.2, 0.25) is 0 Å². The molecule has 1 amide bonds. The minimum atomic E-state index is -0.764. The number of amides is 1. The van der Waals surface area contributed by atoms with Crippen molar-refractivity contribution < 1.29 is 14.3 Å². The predicted molar refractivity (Wildman–Crippen MR) is 78.7 cm³/mol. The standard InChI is InChI=1S/C13H21N3O3S/c1-4-19-11(18)13(2,3)9-8-20-12(16-9)15-7-5-6-10(14)17/h8H,4-7H2,1-3H3,(H2,14,17)(H,15,16). The van der Waals surface area contributed by atoms with Crippen molar-refractivity contribution in [1.29, 1.82) is 0 Å². The fourth-order valence-corrected chi connectivity index (χ4v) is 2.42. The Morgan fingerprint density at radius 3 is 2.80 bits per heavy atom. The Labute approximate surface area is 122 Å². The summed E-state index contributed by atoms with van der Waals surface area (Å²) < 4.78 is 5.05. The van der Waals surface area contributed by atoms with E-state index in [9.17, 15) is 9.59 Å². The highest BCUT2D eigenvalue weighted by atomic mass is 32.1. The number of carbonyl (C=O) groups is 2. The first-order valence-corrected chi connectivity index (χ1v) is 7.41. The topological polar surface area (TPSA) is 94.3 Å². The van der Waals surface area contributed by atoms with Crippen LogP contribution in [0.25, 0.3) is 0 Å². The average Bonchev–Trinajstić information content (AvgIpc) is 2.84. The number of nitrogens with zero attached hydrogens (tertiary/aromatic N) is 1. The van der Waals surface area contributed by atoms with Gasteiger partial charge in [0.1, 0.15) is 5.41 Å². The summed E-state index contributed by atoms with van der Waals surface area (Å²) in [5.41, 5.74) is 4.98. The molecule has 0 atom stereocenters. The number of carbonyl (C=O) groups excluding carboxylic acids is 2. The summed E-state index contributed by atoms with van der Waals surface area (Å²) in [5.74, 6) is -0.597. The molecule has 0 aliphatic rings. The van der Waals surface area contributed by atoms with Crippen LogP contribution in [-0.2, 0) is 19.7 Å². The van der Waals surface area contributed by atoms with E-state index < -0.39 is 5.41 Å². The van der Waals surface area contributed by atoms with E-state index in [0.29, 0.717) is 31.7 Å². The molecule has 0 aliphatic carbocycles. The first-order valence-electron chi connectivity index (χ1n) is 6.53. The van der Waals surface area contributed by atoms with Crippen LogP contribution in [0.1, 0.15) is 39.3 Å². The average molecular weight is 299 g/mol. The van der Waals surface area contributed by atoms with Gasteiger partial charge in [-0.2, -0.15) is 0 Å². The van der Waals surface area contributed by atoms with E-state index in [1.807, 2.05) is 5.38 Å². The molecule has 20 heavy (non-hydrogen) atoms. The third-order valence-corrected chi connectivity index (χ3v) is 3.61. The van der Waals surface area contributed by atoms with E-state index in [1.54, 1.807) is 20.8 Å². The maximum Gasteiger partial charge on any atom is 0.317 e. The number of nitrogens with two attached hydrogens (primary N) is 1. The van der Waals surface area contributed by atoms with Gasteiger partial charge < -0.3 is 15.8 Å². The van der Waals surface area contributed by atoms with Gasteiger partial charge in [-0.15, -0.1) is 11.3 Å². The van der Waals surface area contributed by atoms with Crippen molar-refractivity contribution in [2.45, 2.75) is 39.0 Å². The van der Waals surface area contributed by atoms with Gasteiger partial charge >= 0.3 is 5.97 Å². The van der Waals surface area contributed by atoms with Gasteiger partial charge in [0.2, 0.25) is 5.91 Å². The van der Waals surface area contributed by atoms with Crippen LogP contribution in [0.4, 0.5) is 5.13 Å². The molecule has 1 aromatic heterocycles. The van der Waals surface area contributed by atoms with E-state index in [4.69, 9.17) is 10.5 Å². The highest BCUT2D eigenvalue weighted by molar-refractivity contribution is 7.13. The van der Waals surface area contributed by atoms with Crippen molar-refractivity contribution in [1.82, 2.24) is 4.98 Å². The molecule has 0 saturated heterocycles. The summed E-state index contributed by atoms with van der Waals surface area (Å²) in [6.45, 7) is 6.33. The van der Waals surface area contributed by atoms with Gasteiger partial charge in [0.25, 0.3) is 0 Å². The van der Waals surface area contributed by atoms with Crippen LogP contribution >= 0.6 is 11.3 Å². The number of thiazole rings is 1. The number of hydrogen-bond donors (Lipinski definition) is 2. The quantitative estimate of drug-likeness (QED) is 0.562. The molecule has 0 bridgehead atoms. The number of esters is 1. The molecule has 0 aromatic carbocycles. The summed E-state index contributed by atoms with van der Waals surface area (Å²) in [7, 11) is 0. The number of primary amides is 1. The van der Waals surface area contributed by atoms with Gasteiger partial charge in [-0.3, -0.25) is 9.59 Å². The largest absolute Gasteiger partial charge is 0.465 e. The lowest BCUT2D eigenvalue weighted by atomic mass is 9.90. The third kappa shape index (κ3) is 4.48. The van der Waals surface area contributed by atoms with Crippen molar-refractivity contribution >= 4 is 28.3 Å². The molecule has 1 rings (SSSR count). The molecule has 6 nitrogen and oxygen atoms in total. The number of nitrogens with one attached hydrogen (secondary N) is 1. The van der Waals surface area contributed by atoms with Crippen LogP contribution in [0.5, 0.6) is 0 Å². The Bertz CT molecular complexity index is 471. The molecule has 3 N–H and O–H groups in total. The minimum absolute atomic E-state index is 0.287. The van der Waals surface area contributed by atoms with E-state index >= 15 is 0 Å². The first-order chi connectivity index (χ1) is 9.37. The van der Waals surface area contributed by atoms with E-state index in [-0.39, 0.29) is 11.9 Å². The van der Waals surface area contributed by atoms with Crippen LogP contribution in [0.15, 0.2) is 5.38 Å². The summed E-state index contributed by atoms with van der Waals surface area (Å²) in [6.07, 6.45) is 1.01. The smallest absolute Gasteiger partial charge is 0.317 e. The van der Waals surface area contributed by atoms with Crippen LogP contribution in [0, 0.1) is 0 Å². The van der Waals surface area contributed by atoms with Gasteiger partial charge in [0, 0.05) is 18.3 Å². The van der Waals surface area contributed by atoms with Gasteiger partial charge in [0.15, 0.2) is 5.13 Å². The predicted octanol–water partition coefficient (Wildman–Crippen LogP) is 1.66. The fourth-order valence-electron chi connectivity index (χ4n) is 1.52. The number of aromatic nitrogens is 1. The van der Waals surface area contributed by atoms with Gasteiger partial charge in [-0.1, -0.05) is 0 Å². The lowest BCUT2D eigenvalue weighted by Crippen LogP contribution is -2.31. The van der Waals surface area contributed by atoms with E-state index in [1.165, 1.54) is 11.3 Å². The number of rotatable bonds is 8. The minimum Gasteiger partial charge on any atom is -0.465 e. The molecule has 112 valence electrons. The molecule has 0 aliphatic heterocycles. The Morgan fingerprint density at radius 1 is 1.50 bits per heavy atom. The third-order valence-electron chi connectivity index (χ3n) is 2.81. The molecule has 1 heterocycles. The summed E-state index contributed by atoms with van der Waals surface area (Å²) in [6, 6.07) is 0. The molecule has 1 aromatic rings. The molecule has 0 radical (unpaired) electrons. The second kappa shape index (κ2) is 7.23. The normalized spacial score (nSPS) is 11.2. The van der Waals surface area contributed by atoms with E-state index in [2.05, 4.69) is 10.3 Å². The Hall–Kier alpha value is -1.63. The summed E-state index contributed by atoms with van der Waals surface area (Å²) in [5, 5.41) is 5.68. The first kappa shape index (κ1) is 16.4. The fraction of sp³-hybridized carbons (Fsp3) is 0.615. The lowest BCUT2D eigenvalue weighted by Gasteiger charge is -2.19. The van der Waals surface area contributed by atoms with Crippen LogP contribution in [0.3, 0.4) is 0 Å². The monoisotopic (exact) mass is 299 g/mol. The summed E-state index contributed by atoms with van der Waals surface area (Å²) in [4.78, 5) is 26.9. The Morgan fingerprint density at radius 2 is 2.20 bits per heavy atom. The number of hydrogen-bond acceptors (Lipinski definition) is 6. The SMILES string of the molecule is CCOC(=O)C(C)(C)c1csc(NCCCC(N)=O)n1. The maximum absolute atomic E-state index is 11.9. The van der Waals surface area contributed by atoms with E-state index in [0.717, 1.165) is 5.13 Å². The van der Waals surface area contributed by atoms with Gasteiger partial charge in [0.05, 0.1) is 12.3 Å². The van der Waals surface area contributed by atoms with Crippen molar-refractivity contribution in [3.8, 4) is 0 Å². The highest BCUT2D eigenvalue weighted by Gasteiger charge is 2.33. The zero-order valence-corrected chi connectivity index (χ0v) is 12.9. The molecular weight excluding hydrogens is 278 g/mol. The second-order valence-corrected chi connectivity index (χ2v) is 5.74. The van der Waals surface area contributed by atoms with Crippen molar-refractivity contribution in [2.75, 3.05) is 18.5 Å². The molecule has 0 fully saturated rings. The number of anilines is 1.